The molecule has 2 aliphatic heterocycles. The predicted octanol–water partition coefficient (Wildman–Crippen LogP) is 13.6. The van der Waals surface area contributed by atoms with Crippen molar-refractivity contribution in [3.05, 3.63) is 24.3 Å². The van der Waals surface area contributed by atoms with Crippen molar-refractivity contribution >= 4 is 5.91 Å². The summed E-state index contributed by atoms with van der Waals surface area (Å²) in [5.41, 5.74) is 0. The van der Waals surface area contributed by atoms with Gasteiger partial charge in [-0.05, 0) is 32.1 Å². The van der Waals surface area contributed by atoms with Crippen LogP contribution in [-0.4, -0.2) is 140 Å². The van der Waals surface area contributed by atoms with Gasteiger partial charge in [0.2, 0.25) is 5.91 Å². The zero-order valence-corrected chi connectivity index (χ0v) is 52.5. The molecule has 0 saturated carbocycles. The van der Waals surface area contributed by atoms with Gasteiger partial charge in [0, 0.05) is 6.42 Å². The summed E-state index contributed by atoms with van der Waals surface area (Å²) < 4.78 is 22.8. The van der Waals surface area contributed by atoms with Crippen molar-refractivity contribution in [2.75, 3.05) is 19.8 Å². The van der Waals surface area contributed by atoms with Gasteiger partial charge < -0.3 is 65.1 Å². The summed E-state index contributed by atoms with van der Waals surface area (Å²) in [5, 5.41) is 87.2. The van der Waals surface area contributed by atoms with Crippen LogP contribution in [0.2, 0.25) is 0 Å². The zero-order valence-electron chi connectivity index (χ0n) is 52.5. The summed E-state index contributed by atoms with van der Waals surface area (Å²) in [6, 6.07) is -0.928. The fraction of sp³-hybridized carbons (Fsp3) is 0.926. The van der Waals surface area contributed by atoms with Crippen molar-refractivity contribution < 1.29 is 64.6 Å². The molecule has 9 N–H and O–H groups in total. The van der Waals surface area contributed by atoms with E-state index >= 15 is 0 Å². The van der Waals surface area contributed by atoms with Crippen LogP contribution < -0.4 is 5.32 Å². The van der Waals surface area contributed by atoms with Crippen LogP contribution in [0.15, 0.2) is 24.3 Å². The van der Waals surface area contributed by atoms with E-state index in [0.717, 1.165) is 32.1 Å². The minimum Gasteiger partial charge on any atom is -0.394 e. The number of aliphatic hydroxyl groups excluding tert-OH is 8. The van der Waals surface area contributed by atoms with Gasteiger partial charge in [0.25, 0.3) is 0 Å². The predicted molar refractivity (Wildman–Crippen MR) is 332 cm³/mol. The molecule has 0 bridgehead atoms. The Kier molecular flexibility index (Phi) is 50.1. The number of nitrogens with one attached hydrogen (secondary N) is 1. The third kappa shape index (κ3) is 37.9. The molecule has 2 heterocycles. The van der Waals surface area contributed by atoms with Crippen LogP contribution in [0.3, 0.4) is 0 Å². The van der Waals surface area contributed by atoms with E-state index in [1.807, 2.05) is 6.08 Å². The lowest BCUT2D eigenvalue weighted by molar-refractivity contribution is -0.359. The lowest BCUT2D eigenvalue weighted by Crippen LogP contribution is -2.65. The molecule has 14 heteroatoms. The summed E-state index contributed by atoms with van der Waals surface area (Å²) >= 11 is 0. The molecular formula is C68H129NO13. The molecular weight excluding hydrogens is 1040 g/mol. The minimum atomic E-state index is -1.79. The van der Waals surface area contributed by atoms with E-state index < -0.39 is 86.8 Å². The SMILES string of the molecule is CCCCCCCCCCCC/C=C/CC/C=C/C(O)C(COC1OC(CO)C(OC2OC(CO)C(O)C(O)C2O)C(O)C1O)NC(=O)CCCCCCCCCCCCCCCCCCCCCCCCCCCCCCCCCC. The maximum absolute atomic E-state index is 13.3. The fourth-order valence-electron chi connectivity index (χ4n) is 11.6. The molecule has 82 heavy (non-hydrogen) atoms. The Hall–Kier alpha value is -1.53. The highest BCUT2D eigenvalue weighted by molar-refractivity contribution is 5.76. The van der Waals surface area contributed by atoms with Crippen molar-refractivity contribution in [1.29, 1.82) is 0 Å². The van der Waals surface area contributed by atoms with E-state index in [-0.39, 0.29) is 18.9 Å². The second-order valence-corrected chi connectivity index (χ2v) is 24.7. The van der Waals surface area contributed by atoms with E-state index in [2.05, 4.69) is 31.3 Å². The van der Waals surface area contributed by atoms with Crippen LogP contribution in [-0.2, 0) is 23.7 Å². The fourth-order valence-corrected chi connectivity index (χ4v) is 11.6. The first-order chi connectivity index (χ1) is 40.1. The van der Waals surface area contributed by atoms with E-state index in [9.17, 15) is 45.6 Å². The summed E-state index contributed by atoms with van der Waals surface area (Å²) in [6.07, 6.45) is 49.7. The molecule has 2 fully saturated rings. The van der Waals surface area contributed by atoms with Gasteiger partial charge in [-0.25, -0.2) is 0 Å². The number of ether oxygens (including phenoxy) is 4. The van der Waals surface area contributed by atoms with E-state index in [4.69, 9.17) is 18.9 Å². The Bertz CT molecular complexity index is 1470. The smallest absolute Gasteiger partial charge is 0.220 e. The molecule has 2 rings (SSSR count). The molecule has 2 aliphatic rings. The van der Waals surface area contributed by atoms with Gasteiger partial charge >= 0.3 is 0 Å². The lowest BCUT2D eigenvalue weighted by atomic mass is 9.97. The Morgan fingerprint density at radius 1 is 0.427 bits per heavy atom. The molecule has 12 unspecified atom stereocenters. The van der Waals surface area contributed by atoms with Crippen molar-refractivity contribution in [1.82, 2.24) is 5.32 Å². The van der Waals surface area contributed by atoms with Crippen LogP contribution in [0, 0.1) is 0 Å². The van der Waals surface area contributed by atoms with Crippen LogP contribution in [0.1, 0.15) is 309 Å². The summed E-state index contributed by atoms with van der Waals surface area (Å²) in [4.78, 5) is 13.3. The number of carbonyl (C=O) groups is 1. The van der Waals surface area contributed by atoms with Crippen LogP contribution in [0.25, 0.3) is 0 Å². The molecule has 484 valence electrons. The molecule has 14 nitrogen and oxygen atoms in total. The van der Waals surface area contributed by atoms with Crippen LogP contribution in [0.4, 0.5) is 0 Å². The highest BCUT2D eigenvalue weighted by atomic mass is 16.7. The minimum absolute atomic E-state index is 0.243. The standard InChI is InChI=1S/C68H129NO13/c1-3-5-7-9-11-13-15-17-19-21-22-23-24-25-26-27-28-29-30-31-32-33-34-35-36-38-40-42-44-46-48-50-52-60(73)69-56(57(72)51-49-47-45-43-41-39-37-20-18-16-14-12-10-8-6-4-2)55-79-67-65(78)63(76)66(59(54-71)81-67)82-68-64(77)62(75)61(74)58(53-70)80-68/h41,43,49,51,56-59,61-68,70-72,74-78H,3-40,42,44-48,50,52-55H2,1-2H3,(H,69,73)/b43-41+,51-49+. The summed E-state index contributed by atoms with van der Waals surface area (Å²) in [6.45, 7) is 2.82. The van der Waals surface area contributed by atoms with Gasteiger partial charge in [-0.2, -0.15) is 0 Å². The third-order valence-corrected chi connectivity index (χ3v) is 17.1. The first-order valence-corrected chi connectivity index (χ1v) is 34.6. The molecule has 12 atom stereocenters. The first-order valence-electron chi connectivity index (χ1n) is 34.6. The summed E-state index contributed by atoms with van der Waals surface area (Å²) in [5.74, 6) is -0.243. The number of rotatable bonds is 57. The Balaban J connectivity index is 1.63. The average molecular weight is 1170 g/mol. The van der Waals surface area contributed by atoms with Gasteiger partial charge in [-0.1, -0.05) is 295 Å². The number of unbranched alkanes of at least 4 members (excludes halogenated alkanes) is 42. The normalized spacial score (nSPS) is 24.0. The number of aliphatic hydroxyl groups is 8. The van der Waals surface area contributed by atoms with Crippen LogP contribution >= 0.6 is 0 Å². The number of amides is 1. The van der Waals surface area contributed by atoms with Crippen LogP contribution in [0.5, 0.6) is 0 Å². The van der Waals surface area contributed by atoms with Gasteiger partial charge in [-0.3, -0.25) is 4.79 Å². The molecule has 0 aromatic rings. The number of allylic oxidation sites excluding steroid dienone is 3. The lowest BCUT2D eigenvalue weighted by Gasteiger charge is -2.46. The van der Waals surface area contributed by atoms with E-state index in [1.54, 1.807) is 6.08 Å². The monoisotopic (exact) mass is 1170 g/mol. The zero-order chi connectivity index (χ0) is 59.5. The average Bonchev–Trinajstić information content (AvgIpc) is 3.52. The van der Waals surface area contributed by atoms with Gasteiger partial charge in [0.15, 0.2) is 12.6 Å². The van der Waals surface area contributed by atoms with Crippen molar-refractivity contribution in [2.45, 2.75) is 383 Å². The maximum atomic E-state index is 13.3. The third-order valence-electron chi connectivity index (χ3n) is 17.1. The number of hydrogen-bond acceptors (Lipinski definition) is 13. The highest BCUT2D eigenvalue weighted by Gasteiger charge is 2.51. The molecule has 0 aliphatic carbocycles. The van der Waals surface area contributed by atoms with Gasteiger partial charge in [0.1, 0.15) is 48.8 Å². The van der Waals surface area contributed by atoms with Gasteiger partial charge in [-0.15, -0.1) is 0 Å². The second-order valence-electron chi connectivity index (χ2n) is 24.7. The molecule has 0 radical (unpaired) electrons. The Morgan fingerprint density at radius 2 is 0.780 bits per heavy atom. The first kappa shape index (κ1) is 76.6. The number of carbonyl (C=O) groups excluding carboxylic acids is 1. The topological polar surface area (TPSA) is 228 Å². The van der Waals surface area contributed by atoms with E-state index in [0.29, 0.717) is 12.8 Å². The summed E-state index contributed by atoms with van der Waals surface area (Å²) in [7, 11) is 0. The molecule has 0 aromatic heterocycles. The van der Waals surface area contributed by atoms with Crippen molar-refractivity contribution in [3.63, 3.8) is 0 Å². The maximum Gasteiger partial charge on any atom is 0.220 e. The molecule has 0 aromatic carbocycles. The largest absolute Gasteiger partial charge is 0.394 e. The Labute approximate surface area is 500 Å². The Morgan fingerprint density at radius 3 is 1.20 bits per heavy atom. The van der Waals surface area contributed by atoms with Crippen molar-refractivity contribution in [2.24, 2.45) is 0 Å². The molecule has 2 saturated heterocycles. The number of hydrogen-bond donors (Lipinski definition) is 9. The van der Waals surface area contributed by atoms with Gasteiger partial charge in [0.05, 0.1) is 32.0 Å². The second kappa shape index (κ2) is 53.7. The van der Waals surface area contributed by atoms with Crippen molar-refractivity contribution in [3.8, 4) is 0 Å². The highest BCUT2D eigenvalue weighted by Crippen LogP contribution is 2.30. The quantitative estimate of drug-likeness (QED) is 0.0204. The molecule has 0 spiro atoms. The van der Waals surface area contributed by atoms with E-state index in [1.165, 1.54) is 244 Å². The molecule has 1 amide bonds.